The standard InChI is InChI=1S/C11H19F2NO3/c1-10(2,3)17-9(16)14-5-4-11(12,13)8(6-14)7-15/h8,15H,4-7H2,1-3H3/t8-/m0/s1. The van der Waals surface area contributed by atoms with Gasteiger partial charge in [-0.15, -0.1) is 0 Å². The van der Waals surface area contributed by atoms with Crippen molar-refractivity contribution >= 4 is 6.09 Å². The van der Waals surface area contributed by atoms with Crippen LogP contribution in [0.1, 0.15) is 27.2 Å². The molecular formula is C11H19F2NO3. The Morgan fingerprint density at radius 2 is 2.12 bits per heavy atom. The van der Waals surface area contributed by atoms with E-state index in [2.05, 4.69) is 0 Å². The van der Waals surface area contributed by atoms with Crippen molar-refractivity contribution in [1.29, 1.82) is 0 Å². The van der Waals surface area contributed by atoms with Crippen LogP contribution >= 0.6 is 0 Å². The zero-order chi connectivity index (χ0) is 13.3. The fourth-order valence-corrected chi connectivity index (χ4v) is 1.66. The Kier molecular flexibility index (Phi) is 3.96. The van der Waals surface area contributed by atoms with Crippen LogP contribution in [0.5, 0.6) is 0 Å². The summed E-state index contributed by atoms with van der Waals surface area (Å²) in [6, 6.07) is 0. The number of hydrogen-bond acceptors (Lipinski definition) is 3. The van der Waals surface area contributed by atoms with E-state index in [1.807, 2.05) is 0 Å². The monoisotopic (exact) mass is 251 g/mol. The number of hydrogen-bond donors (Lipinski definition) is 1. The van der Waals surface area contributed by atoms with Crippen LogP contribution in [0.4, 0.5) is 13.6 Å². The van der Waals surface area contributed by atoms with E-state index in [0.29, 0.717) is 0 Å². The van der Waals surface area contributed by atoms with Crippen molar-refractivity contribution in [3.63, 3.8) is 0 Å². The molecule has 1 aliphatic heterocycles. The molecule has 0 aliphatic carbocycles. The minimum atomic E-state index is -2.91. The fraction of sp³-hybridized carbons (Fsp3) is 0.909. The molecule has 17 heavy (non-hydrogen) atoms. The Bertz CT molecular complexity index is 289. The molecule has 0 bridgehead atoms. The highest BCUT2D eigenvalue weighted by Gasteiger charge is 2.45. The number of rotatable bonds is 1. The first kappa shape index (κ1) is 14.2. The largest absolute Gasteiger partial charge is 0.444 e. The SMILES string of the molecule is CC(C)(C)OC(=O)N1CCC(F)(F)[C@H](CO)C1. The van der Waals surface area contributed by atoms with Crippen LogP contribution in [-0.2, 0) is 4.74 Å². The van der Waals surface area contributed by atoms with Crippen molar-refractivity contribution in [3.8, 4) is 0 Å². The van der Waals surface area contributed by atoms with Gasteiger partial charge in [0.15, 0.2) is 0 Å². The van der Waals surface area contributed by atoms with E-state index < -0.39 is 36.6 Å². The van der Waals surface area contributed by atoms with Gasteiger partial charge in [-0.25, -0.2) is 13.6 Å². The van der Waals surface area contributed by atoms with E-state index in [9.17, 15) is 13.6 Å². The molecule has 0 aromatic heterocycles. The predicted molar refractivity (Wildman–Crippen MR) is 57.9 cm³/mol. The first-order chi connectivity index (χ1) is 7.65. The van der Waals surface area contributed by atoms with E-state index in [1.54, 1.807) is 20.8 Å². The van der Waals surface area contributed by atoms with E-state index in [4.69, 9.17) is 9.84 Å². The number of carbonyl (C=O) groups is 1. The summed E-state index contributed by atoms with van der Waals surface area (Å²) in [7, 11) is 0. The summed E-state index contributed by atoms with van der Waals surface area (Å²) in [4.78, 5) is 12.9. The number of aliphatic hydroxyl groups excluding tert-OH is 1. The van der Waals surface area contributed by atoms with Crippen LogP contribution in [0.3, 0.4) is 0 Å². The number of halogens is 2. The van der Waals surface area contributed by atoms with Gasteiger partial charge in [0.2, 0.25) is 0 Å². The van der Waals surface area contributed by atoms with E-state index in [-0.39, 0.29) is 13.1 Å². The minimum absolute atomic E-state index is 0.0432. The van der Waals surface area contributed by atoms with Crippen LogP contribution in [-0.4, -0.2) is 47.3 Å². The van der Waals surface area contributed by atoms with Crippen molar-refractivity contribution in [2.24, 2.45) is 5.92 Å². The highest BCUT2D eigenvalue weighted by atomic mass is 19.3. The second-order valence-corrected chi connectivity index (χ2v) is 5.32. The van der Waals surface area contributed by atoms with Gasteiger partial charge in [-0.1, -0.05) is 0 Å². The molecule has 1 amide bonds. The highest BCUT2D eigenvalue weighted by molar-refractivity contribution is 5.68. The number of aliphatic hydroxyl groups is 1. The van der Waals surface area contributed by atoms with Crippen LogP contribution in [0.15, 0.2) is 0 Å². The molecular weight excluding hydrogens is 232 g/mol. The Morgan fingerprint density at radius 3 is 2.59 bits per heavy atom. The topological polar surface area (TPSA) is 49.8 Å². The van der Waals surface area contributed by atoms with Gasteiger partial charge in [0.05, 0.1) is 12.5 Å². The third kappa shape index (κ3) is 3.80. The maximum absolute atomic E-state index is 13.3. The van der Waals surface area contributed by atoms with Gasteiger partial charge in [0.1, 0.15) is 5.60 Å². The number of carbonyl (C=O) groups excluding carboxylic acids is 1. The molecule has 1 saturated heterocycles. The average molecular weight is 251 g/mol. The molecule has 0 aromatic carbocycles. The Morgan fingerprint density at radius 1 is 1.53 bits per heavy atom. The number of likely N-dealkylation sites (tertiary alicyclic amines) is 1. The molecule has 0 saturated carbocycles. The number of alkyl halides is 2. The lowest BCUT2D eigenvalue weighted by Crippen LogP contribution is -2.51. The van der Waals surface area contributed by atoms with Gasteiger partial charge in [-0.3, -0.25) is 0 Å². The summed E-state index contributed by atoms with van der Waals surface area (Å²) >= 11 is 0. The van der Waals surface area contributed by atoms with Gasteiger partial charge in [-0.05, 0) is 20.8 Å². The average Bonchev–Trinajstić information content (AvgIpc) is 2.14. The van der Waals surface area contributed by atoms with Crippen LogP contribution in [0.25, 0.3) is 0 Å². The van der Waals surface area contributed by atoms with Crippen LogP contribution < -0.4 is 0 Å². The summed E-state index contributed by atoms with van der Waals surface area (Å²) in [5.41, 5.74) is -0.647. The lowest BCUT2D eigenvalue weighted by Gasteiger charge is -2.37. The van der Waals surface area contributed by atoms with E-state index in [1.165, 1.54) is 4.90 Å². The molecule has 1 rings (SSSR count). The van der Waals surface area contributed by atoms with Gasteiger partial charge >= 0.3 is 6.09 Å². The van der Waals surface area contributed by atoms with E-state index >= 15 is 0 Å². The second kappa shape index (κ2) is 4.76. The zero-order valence-electron chi connectivity index (χ0n) is 10.4. The zero-order valence-corrected chi connectivity index (χ0v) is 10.4. The number of piperidine rings is 1. The molecule has 4 nitrogen and oxygen atoms in total. The molecule has 0 aromatic rings. The molecule has 1 atom stereocenters. The summed E-state index contributed by atoms with van der Waals surface area (Å²) in [6.07, 6.45) is -1.04. The number of amides is 1. The molecule has 1 heterocycles. The summed E-state index contributed by atoms with van der Waals surface area (Å²) < 4.78 is 31.7. The second-order valence-electron chi connectivity index (χ2n) is 5.32. The number of nitrogens with zero attached hydrogens (tertiary/aromatic N) is 1. The molecule has 1 N–H and O–H groups in total. The predicted octanol–water partition coefficient (Wildman–Crippen LogP) is 1.87. The highest BCUT2D eigenvalue weighted by Crippen LogP contribution is 2.33. The van der Waals surface area contributed by atoms with E-state index in [0.717, 1.165) is 0 Å². The van der Waals surface area contributed by atoms with Crippen LogP contribution in [0.2, 0.25) is 0 Å². The van der Waals surface area contributed by atoms with Crippen molar-refractivity contribution < 1.29 is 23.4 Å². The lowest BCUT2D eigenvalue weighted by molar-refractivity contribution is -0.118. The lowest BCUT2D eigenvalue weighted by atomic mass is 9.94. The molecule has 1 aliphatic rings. The van der Waals surface area contributed by atoms with Gasteiger partial charge < -0.3 is 14.7 Å². The number of ether oxygens (including phenoxy) is 1. The molecule has 6 heteroatoms. The smallest absolute Gasteiger partial charge is 0.410 e. The molecule has 0 radical (unpaired) electrons. The van der Waals surface area contributed by atoms with Crippen molar-refractivity contribution in [1.82, 2.24) is 4.90 Å². The fourth-order valence-electron chi connectivity index (χ4n) is 1.66. The maximum Gasteiger partial charge on any atom is 0.410 e. The summed E-state index contributed by atoms with van der Waals surface area (Å²) in [5, 5.41) is 8.90. The first-order valence-electron chi connectivity index (χ1n) is 5.62. The normalized spacial score (nSPS) is 24.6. The van der Waals surface area contributed by atoms with Crippen LogP contribution in [0, 0.1) is 5.92 Å². The van der Waals surface area contributed by atoms with Crippen molar-refractivity contribution in [2.75, 3.05) is 19.7 Å². The molecule has 100 valence electrons. The Labute approximate surface area is 99.5 Å². The Balaban J connectivity index is 2.61. The third-order valence-electron chi connectivity index (χ3n) is 2.63. The molecule has 1 fully saturated rings. The molecule has 0 unspecified atom stereocenters. The first-order valence-corrected chi connectivity index (χ1v) is 5.62. The van der Waals surface area contributed by atoms with Crippen molar-refractivity contribution in [3.05, 3.63) is 0 Å². The summed E-state index contributed by atoms with van der Waals surface area (Å²) in [5.74, 6) is -4.11. The van der Waals surface area contributed by atoms with Crippen molar-refractivity contribution in [2.45, 2.75) is 38.7 Å². The van der Waals surface area contributed by atoms with Gasteiger partial charge in [0, 0.05) is 19.5 Å². The maximum atomic E-state index is 13.3. The quantitative estimate of drug-likeness (QED) is 0.774. The minimum Gasteiger partial charge on any atom is -0.444 e. The van der Waals surface area contributed by atoms with Gasteiger partial charge in [0.25, 0.3) is 5.92 Å². The summed E-state index contributed by atoms with van der Waals surface area (Å²) in [6.45, 7) is 4.30. The third-order valence-corrected chi connectivity index (χ3v) is 2.63. The molecule has 0 spiro atoms. The Hall–Kier alpha value is -0.910. The van der Waals surface area contributed by atoms with Gasteiger partial charge in [-0.2, -0.15) is 0 Å².